The zero-order valence-corrected chi connectivity index (χ0v) is 14.8. The molecule has 1 heterocycles. The summed E-state index contributed by atoms with van der Waals surface area (Å²) in [4.78, 5) is 0. The van der Waals surface area contributed by atoms with Gasteiger partial charge in [0.15, 0.2) is 8.32 Å². The first-order chi connectivity index (χ1) is 9.23. The summed E-state index contributed by atoms with van der Waals surface area (Å²) in [6, 6.07) is 0. The van der Waals surface area contributed by atoms with E-state index in [0.29, 0.717) is 6.61 Å². The van der Waals surface area contributed by atoms with Gasteiger partial charge >= 0.3 is 0 Å². The van der Waals surface area contributed by atoms with E-state index in [0.717, 1.165) is 6.61 Å². The molecule has 3 atom stereocenters. The Bertz CT molecular complexity index is 307. The summed E-state index contributed by atoms with van der Waals surface area (Å²) in [6.45, 7) is 16.8. The molecule has 0 aliphatic carbocycles. The summed E-state index contributed by atoms with van der Waals surface area (Å²) >= 11 is 0. The number of hydrogen-bond acceptors (Lipinski definition) is 4. The minimum Gasteiger partial charge on any atom is -0.416 e. The molecule has 1 aliphatic rings. The van der Waals surface area contributed by atoms with Crippen molar-refractivity contribution in [3.05, 3.63) is 12.7 Å². The molecule has 1 fully saturated rings. The number of epoxide rings is 1. The first kappa shape index (κ1) is 17.8. The van der Waals surface area contributed by atoms with Crippen LogP contribution in [0.3, 0.4) is 0 Å². The van der Waals surface area contributed by atoms with E-state index in [-0.39, 0.29) is 30.0 Å². The molecule has 1 rings (SSSR count). The SMILES string of the molecule is C=C[C@H](OCOC)[C@@H](CO[Si](C)(C)C(C)(C)C)[C@@H]1CO1. The summed E-state index contributed by atoms with van der Waals surface area (Å²) in [5.41, 5.74) is 0. The molecule has 0 aromatic heterocycles. The van der Waals surface area contributed by atoms with Gasteiger partial charge in [0.1, 0.15) is 6.79 Å². The molecule has 0 spiro atoms. The molecule has 0 radical (unpaired) electrons. The highest BCUT2D eigenvalue weighted by Gasteiger charge is 2.42. The van der Waals surface area contributed by atoms with Crippen LogP contribution in [0.2, 0.25) is 18.1 Å². The molecule has 4 nitrogen and oxygen atoms in total. The van der Waals surface area contributed by atoms with Crippen LogP contribution < -0.4 is 0 Å². The lowest BCUT2D eigenvalue weighted by Gasteiger charge is -2.37. The van der Waals surface area contributed by atoms with Gasteiger partial charge in [0.25, 0.3) is 0 Å². The van der Waals surface area contributed by atoms with E-state index < -0.39 is 8.32 Å². The zero-order chi connectivity index (χ0) is 15.4. The highest BCUT2D eigenvalue weighted by molar-refractivity contribution is 6.74. The van der Waals surface area contributed by atoms with Crippen LogP contribution in [-0.2, 0) is 18.6 Å². The van der Waals surface area contributed by atoms with E-state index in [9.17, 15) is 0 Å². The molecule has 0 aromatic rings. The van der Waals surface area contributed by atoms with Gasteiger partial charge in [-0.3, -0.25) is 0 Å². The van der Waals surface area contributed by atoms with Crippen LogP contribution in [0.1, 0.15) is 20.8 Å². The second-order valence-electron chi connectivity index (χ2n) is 6.88. The van der Waals surface area contributed by atoms with Crippen molar-refractivity contribution in [1.29, 1.82) is 0 Å². The predicted octanol–water partition coefficient (Wildman–Crippen LogP) is 3.20. The van der Waals surface area contributed by atoms with Crippen molar-refractivity contribution in [2.45, 2.75) is 51.1 Å². The van der Waals surface area contributed by atoms with Gasteiger partial charge in [0.05, 0.1) is 18.8 Å². The molecule has 0 bridgehead atoms. The van der Waals surface area contributed by atoms with Gasteiger partial charge in [-0.05, 0) is 18.1 Å². The average molecular weight is 302 g/mol. The van der Waals surface area contributed by atoms with Crippen LogP contribution in [0.5, 0.6) is 0 Å². The average Bonchev–Trinajstić information content (AvgIpc) is 3.16. The maximum atomic E-state index is 6.31. The lowest BCUT2D eigenvalue weighted by atomic mass is 10.00. The Labute approximate surface area is 124 Å². The summed E-state index contributed by atoms with van der Waals surface area (Å²) in [5, 5.41) is 0.207. The van der Waals surface area contributed by atoms with Crippen LogP contribution >= 0.6 is 0 Å². The number of rotatable bonds is 9. The monoisotopic (exact) mass is 302 g/mol. The first-order valence-electron chi connectivity index (χ1n) is 7.21. The molecule has 1 saturated heterocycles. The van der Waals surface area contributed by atoms with Gasteiger partial charge in [-0.15, -0.1) is 6.58 Å². The van der Waals surface area contributed by atoms with Crippen LogP contribution in [0.25, 0.3) is 0 Å². The van der Waals surface area contributed by atoms with Crippen LogP contribution in [0.15, 0.2) is 12.7 Å². The fourth-order valence-electron chi connectivity index (χ4n) is 1.75. The van der Waals surface area contributed by atoms with Gasteiger partial charge in [-0.2, -0.15) is 0 Å². The molecule has 0 unspecified atom stereocenters. The third-order valence-corrected chi connectivity index (χ3v) is 8.81. The quantitative estimate of drug-likeness (QED) is 0.284. The Balaban J connectivity index is 2.61. The molecule has 0 amide bonds. The molecule has 0 saturated carbocycles. The third-order valence-electron chi connectivity index (χ3n) is 4.31. The molecule has 0 N–H and O–H groups in total. The van der Waals surface area contributed by atoms with Gasteiger partial charge in [-0.25, -0.2) is 0 Å². The van der Waals surface area contributed by atoms with Crippen molar-refractivity contribution in [1.82, 2.24) is 0 Å². The Morgan fingerprint density at radius 3 is 2.40 bits per heavy atom. The highest BCUT2D eigenvalue weighted by atomic mass is 28.4. The molecule has 1 aliphatic heterocycles. The normalized spacial score (nSPS) is 22.4. The summed E-state index contributed by atoms with van der Waals surface area (Å²) < 4.78 is 22.4. The summed E-state index contributed by atoms with van der Waals surface area (Å²) in [7, 11) is -0.132. The molecule has 20 heavy (non-hydrogen) atoms. The molecular formula is C15H30O4Si. The predicted molar refractivity (Wildman–Crippen MR) is 83.3 cm³/mol. The van der Waals surface area contributed by atoms with E-state index in [4.69, 9.17) is 18.6 Å². The number of hydrogen-bond donors (Lipinski definition) is 0. The minimum atomic E-state index is -1.75. The van der Waals surface area contributed by atoms with Gasteiger partial charge in [0.2, 0.25) is 0 Å². The Morgan fingerprint density at radius 2 is 2.00 bits per heavy atom. The zero-order valence-electron chi connectivity index (χ0n) is 13.8. The van der Waals surface area contributed by atoms with E-state index in [1.165, 1.54) is 0 Å². The highest BCUT2D eigenvalue weighted by Crippen LogP contribution is 2.38. The second kappa shape index (κ2) is 7.18. The number of ether oxygens (including phenoxy) is 3. The van der Waals surface area contributed by atoms with E-state index in [1.807, 2.05) is 6.08 Å². The Morgan fingerprint density at radius 1 is 1.40 bits per heavy atom. The topological polar surface area (TPSA) is 40.2 Å². The van der Waals surface area contributed by atoms with E-state index in [2.05, 4.69) is 40.4 Å². The Kier molecular flexibility index (Phi) is 6.41. The standard InChI is InChI=1S/C15H30O4Si/c1-8-13(18-11-16-5)12(14-10-17-14)9-19-20(6,7)15(2,3)4/h8,12-14H,1,9-11H2,2-7H3/t12-,13+,14+/m1/s1. The molecule has 118 valence electrons. The van der Waals surface area contributed by atoms with Crippen LogP contribution in [0, 0.1) is 5.92 Å². The fraction of sp³-hybridized carbons (Fsp3) is 0.867. The summed E-state index contributed by atoms with van der Waals surface area (Å²) in [6.07, 6.45) is 1.95. The molecule has 0 aromatic carbocycles. The lowest BCUT2D eigenvalue weighted by Crippen LogP contribution is -2.44. The minimum absolute atomic E-state index is 0.0905. The summed E-state index contributed by atoms with van der Waals surface area (Å²) in [5.74, 6) is 0.191. The second-order valence-corrected chi connectivity index (χ2v) is 11.7. The van der Waals surface area contributed by atoms with Crippen molar-refractivity contribution in [3.63, 3.8) is 0 Å². The van der Waals surface area contributed by atoms with Crippen LogP contribution in [0.4, 0.5) is 0 Å². The number of methoxy groups -OCH3 is 1. The largest absolute Gasteiger partial charge is 0.416 e. The van der Waals surface area contributed by atoms with Crippen molar-refractivity contribution < 1.29 is 18.6 Å². The van der Waals surface area contributed by atoms with Crippen molar-refractivity contribution in [2.75, 3.05) is 27.1 Å². The maximum Gasteiger partial charge on any atom is 0.191 e. The van der Waals surface area contributed by atoms with Crippen molar-refractivity contribution >= 4 is 8.32 Å². The molecular weight excluding hydrogens is 272 g/mol. The van der Waals surface area contributed by atoms with E-state index >= 15 is 0 Å². The van der Waals surface area contributed by atoms with Gasteiger partial charge < -0.3 is 18.6 Å². The van der Waals surface area contributed by atoms with Gasteiger partial charge in [-0.1, -0.05) is 26.8 Å². The van der Waals surface area contributed by atoms with E-state index in [1.54, 1.807) is 7.11 Å². The first-order valence-corrected chi connectivity index (χ1v) is 10.1. The van der Waals surface area contributed by atoms with Crippen molar-refractivity contribution in [3.8, 4) is 0 Å². The fourth-order valence-corrected chi connectivity index (χ4v) is 2.79. The Hall–Kier alpha value is -0.203. The van der Waals surface area contributed by atoms with Crippen LogP contribution in [-0.4, -0.2) is 47.6 Å². The molecule has 5 heteroatoms. The van der Waals surface area contributed by atoms with Crippen molar-refractivity contribution in [2.24, 2.45) is 5.92 Å². The maximum absolute atomic E-state index is 6.31. The third kappa shape index (κ3) is 4.97. The van der Waals surface area contributed by atoms with Gasteiger partial charge in [0, 0.05) is 19.6 Å². The smallest absolute Gasteiger partial charge is 0.191 e. The lowest BCUT2D eigenvalue weighted by molar-refractivity contribution is -0.0818.